The lowest BCUT2D eigenvalue weighted by molar-refractivity contribution is -0.139. The van der Waals surface area contributed by atoms with Gasteiger partial charge in [-0.3, -0.25) is 4.79 Å². The zero-order valence-electron chi connectivity index (χ0n) is 14.2. The average Bonchev–Trinajstić information content (AvgIpc) is 3.04. The number of hydrogen-bond donors (Lipinski definition) is 2. The van der Waals surface area contributed by atoms with Crippen molar-refractivity contribution >= 4 is 11.9 Å². The van der Waals surface area contributed by atoms with Crippen molar-refractivity contribution in [2.75, 3.05) is 19.8 Å². The molecule has 7 heteroatoms. The number of carbonyl (C=O) groups excluding carboxylic acids is 1. The second-order valence-electron chi connectivity index (χ2n) is 5.65. The smallest absolute Gasteiger partial charge is 0.341 e. The summed E-state index contributed by atoms with van der Waals surface area (Å²) < 4.78 is 16.2. The fraction of sp³-hybridized carbons (Fsp3) is 0.263. The van der Waals surface area contributed by atoms with Crippen molar-refractivity contribution in [3.8, 4) is 17.2 Å². The summed E-state index contributed by atoms with van der Waals surface area (Å²) in [5.41, 5.74) is 1.33. The zero-order chi connectivity index (χ0) is 18.5. The Bertz CT molecular complexity index is 819. The van der Waals surface area contributed by atoms with Crippen LogP contribution >= 0.6 is 0 Å². The number of para-hydroxylation sites is 1. The molecule has 0 spiro atoms. The van der Waals surface area contributed by atoms with E-state index in [1.165, 1.54) is 12.1 Å². The van der Waals surface area contributed by atoms with Gasteiger partial charge in [-0.05, 0) is 31.2 Å². The van der Waals surface area contributed by atoms with Crippen molar-refractivity contribution in [2.24, 2.45) is 0 Å². The van der Waals surface area contributed by atoms with Crippen LogP contribution in [0.15, 0.2) is 42.5 Å². The normalized spacial score (nSPS) is 14.9. The van der Waals surface area contributed by atoms with Crippen LogP contribution in [0.1, 0.15) is 28.9 Å². The molecule has 0 saturated carbocycles. The Labute approximate surface area is 150 Å². The van der Waals surface area contributed by atoms with E-state index in [2.05, 4.69) is 5.32 Å². The minimum absolute atomic E-state index is 0.225. The van der Waals surface area contributed by atoms with Crippen LogP contribution in [0, 0.1) is 0 Å². The monoisotopic (exact) mass is 357 g/mol. The van der Waals surface area contributed by atoms with Gasteiger partial charge in [-0.15, -0.1) is 0 Å². The van der Waals surface area contributed by atoms with E-state index in [0.29, 0.717) is 24.5 Å². The maximum atomic E-state index is 12.6. The third-order valence-corrected chi connectivity index (χ3v) is 3.86. The molecule has 0 aliphatic carbocycles. The number of fused-ring (bicyclic) bond motifs is 1. The maximum Gasteiger partial charge on any atom is 0.341 e. The average molecular weight is 357 g/mol. The maximum absolute atomic E-state index is 12.6. The molecule has 7 nitrogen and oxygen atoms in total. The van der Waals surface area contributed by atoms with Crippen LogP contribution in [0.25, 0.3) is 0 Å². The van der Waals surface area contributed by atoms with E-state index >= 15 is 0 Å². The van der Waals surface area contributed by atoms with Gasteiger partial charge in [0.15, 0.2) is 18.1 Å². The molecule has 1 heterocycles. The van der Waals surface area contributed by atoms with Gasteiger partial charge in [0, 0.05) is 11.1 Å². The number of amides is 1. The van der Waals surface area contributed by atoms with Crippen molar-refractivity contribution < 1.29 is 28.9 Å². The number of carbonyl (C=O) groups is 2. The molecular weight excluding hydrogens is 338 g/mol. The first kappa shape index (κ1) is 17.6. The Morgan fingerprint density at radius 1 is 1.19 bits per heavy atom. The van der Waals surface area contributed by atoms with E-state index < -0.39 is 12.6 Å². The third-order valence-electron chi connectivity index (χ3n) is 3.86. The van der Waals surface area contributed by atoms with E-state index in [-0.39, 0.29) is 17.7 Å². The lowest BCUT2D eigenvalue weighted by Crippen LogP contribution is -2.29. The third kappa shape index (κ3) is 3.88. The number of nitrogens with one attached hydrogen (secondary N) is 1. The van der Waals surface area contributed by atoms with Gasteiger partial charge >= 0.3 is 5.97 Å². The van der Waals surface area contributed by atoms with Crippen LogP contribution in [0.5, 0.6) is 17.2 Å². The van der Waals surface area contributed by atoms with Gasteiger partial charge in [0.25, 0.3) is 5.91 Å². The van der Waals surface area contributed by atoms with Crippen LogP contribution in [0.4, 0.5) is 0 Å². The van der Waals surface area contributed by atoms with Gasteiger partial charge in [-0.1, -0.05) is 18.2 Å². The van der Waals surface area contributed by atoms with Gasteiger partial charge in [-0.2, -0.15) is 0 Å². The summed E-state index contributed by atoms with van der Waals surface area (Å²) in [5, 5.41) is 11.7. The van der Waals surface area contributed by atoms with E-state index in [9.17, 15) is 9.59 Å². The van der Waals surface area contributed by atoms with Crippen molar-refractivity contribution in [3.05, 3.63) is 53.6 Å². The standard InChI is InChI=1S/C19H19NO6/c1-2-24-17-9-12(7-8-16(17)26-11-18(21)22)19(23)20-14-10-25-15-6-4-3-5-13(14)15/h3-9,14H,2,10-11H2,1H3,(H,20,23)(H,21,22). The zero-order valence-corrected chi connectivity index (χ0v) is 14.2. The molecule has 1 unspecified atom stereocenters. The van der Waals surface area contributed by atoms with Gasteiger partial charge in [-0.25, -0.2) is 4.79 Å². The molecule has 136 valence electrons. The van der Waals surface area contributed by atoms with Crippen LogP contribution < -0.4 is 19.5 Å². The Kier molecular flexibility index (Phi) is 5.26. The largest absolute Gasteiger partial charge is 0.491 e. The number of carboxylic acids is 1. The van der Waals surface area contributed by atoms with Crippen LogP contribution in [0.2, 0.25) is 0 Å². The number of ether oxygens (including phenoxy) is 3. The van der Waals surface area contributed by atoms with E-state index in [0.717, 1.165) is 11.3 Å². The summed E-state index contributed by atoms with van der Waals surface area (Å²) >= 11 is 0. The molecule has 1 aliphatic rings. The quantitative estimate of drug-likeness (QED) is 0.790. The van der Waals surface area contributed by atoms with Crippen LogP contribution in [-0.2, 0) is 4.79 Å². The van der Waals surface area contributed by atoms with Crippen molar-refractivity contribution in [1.82, 2.24) is 5.32 Å². The molecule has 1 aliphatic heterocycles. The highest BCUT2D eigenvalue weighted by Gasteiger charge is 2.25. The molecule has 1 amide bonds. The van der Waals surface area contributed by atoms with Crippen LogP contribution in [0.3, 0.4) is 0 Å². The van der Waals surface area contributed by atoms with Crippen molar-refractivity contribution in [3.63, 3.8) is 0 Å². The second-order valence-corrected chi connectivity index (χ2v) is 5.65. The highest BCUT2D eigenvalue weighted by atomic mass is 16.5. The molecule has 3 rings (SSSR count). The lowest BCUT2D eigenvalue weighted by atomic mass is 10.1. The molecule has 0 saturated heterocycles. The van der Waals surface area contributed by atoms with Gasteiger partial charge < -0.3 is 24.6 Å². The summed E-state index contributed by atoms with van der Waals surface area (Å²) in [6.45, 7) is 2.05. The molecule has 2 aromatic carbocycles. The van der Waals surface area contributed by atoms with E-state index in [4.69, 9.17) is 19.3 Å². The molecule has 2 aromatic rings. The van der Waals surface area contributed by atoms with Crippen molar-refractivity contribution in [1.29, 1.82) is 0 Å². The van der Waals surface area contributed by atoms with Gasteiger partial charge in [0.05, 0.1) is 12.6 Å². The minimum Gasteiger partial charge on any atom is -0.491 e. The molecule has 0 bridgehead atoms. The fourth-order valence-electron chi connectivity index (χ4n) is 2.70. The molecule has 0 fully saturated rings. The van der Waals surface area contributed by atoms with Gasteiger partial charge in [0.1, 0.15) is 12.4 Å². The van der Waals surface area contributed by atoms with E-state index in [1.807, 2.05) is 24.3 Å². The highest BCUT2D eigenvalue weighted by Crippen LogP contribution is 2.32. The van der Waals surface area contributed by atoms with Gasteiger partial charge in [0.2, 0.25) is 0 Å². The summed E-state index contributed by atoms with van der Waals surface area (Å²) in [5.74, 6) is 0.00486. The molecule has 2 N–H and O–H groups in total. The van der Waals surface area contributed by atoms with Crippen molar-refractivity contribution in [2.45, 2.75) is 13.0 Å². The summed E-state index contributed by atoms with van der Waals surface area (Å²) in [7, 11) is 0. The Balaban J connectivity index is 1.75. The summed E-state index contributed by atoms with van der Waals surface area (Å²) in [6, 6.07) is 12.0. The Hall–Kier alpha value is -3.22. The highest BCUT2D eigenvalue weighted by molar-refractivity contribution is 5.95. The topological polar surface area (TPSA) is 94.1 Å². The first-order valence-corrected chi connectivity index (χ1v) is 8.22. The molecule has 1 atom stereocenters. The summed E-state index contributed by atoms with van der Waals surface area (Å²) in [6.07, 6.45) is 0. The number of benzene rings is 2. The molecule has 0 aromatic heterocycles. The first-order valence-electron chi connectivity index (χ1n) is 8.22. The first-order chi connectivity index (χ1) is 12.6. The fourth-order valence-corrected chi connectivity index (χ4v) is 2.70. The Morgan fingerprint density at radius 3 is 2.77 bits per heavy atom. The second kappa shape index (κ2) is 7.77. The molecule has 0 radical (unpaired) electrons. The number of rotatable bonds is 7. The van der Waals surface area contributed by atoms with E-state index in [1.54, 1.807) is 13.0 Å². The number of hydrogen-bond acceptors (Lipinski definition) is 5. The molecular formula is C19H19NO6. The molecule has 26 heavy (non-hydrogen) atoms. The lowest BCUT2D eigenvalue weighted by Gasteiger charge is -2.14. The predicted molar refractivity (Wildman–Crippen MR) is 92.9 cm³/mol. The number of aliphatic carboxylic acids is 1. The van der Waals surface area contributed by atoms with Crippen LogP contribution in [-0.4, -0.2) is 36.8 Å². The SMILES string of the molecule is CCOc1cc(C(=O)NC2COc3ccccc32)ccc1OCC(=O)O. The Morgan fingerprint density at radius 2 is 2.00 bits per heavy atom. The number of carboxylic acid groups (broad SMARTS) is 1. The summed E-state index contributed by atoms with van der Waals surface area (Å²) in [4.78, 5) is 23.3. The predicted octanol–water partition coefficient (Wildman–Crippen LogP) is 2.41. The minimum atomic E-state index is -1.09.